The predicted molar refractivity (Wildman–Crippen MR) is 70.3 cm³/mol. The van der Waals surface area contributed by atoms with E-state index in [0.29, 0.717) is 0 Å². The highest BCUT2D eigenvalue weighted by atomic mass is 32.1. The summed E-state index contributed by atoms with van der Waals surface area (Å²) in [4.78, 5) is 1.44. The average molecular weight is 244 g/mol. The molecule has 2 nitrogen and oxygen atoms in total. The molecule has 0 saturated carbocycles. The molecule has 2 aromatic rings. The van der Waals surface area contributed by atoms with Crippen LogP contribution in [0.3, 0.4) is 0 Å². The number of fused-ring (bicyclic) bond motifs is 1. The van der Waals surface area contributed by atoms with Crippen molar-refractivity contribution in [2.75, 3.05) is 0 Å². The Morgan fingerprint density at radius 2 is 1.88 bits per heavy atom. The highest BCUT2D eigenvalue weighted by molar-refractivity contribution is 7.06. The van der Waals surface area contributed by atoms with E-state index in [2.05, 4.69) is 28.2 Å². The Bertz CT molecular complexity index is 566. The molecule has 0 radical (unpaired) electrons. The number of nitrogens with zero attached hydrogens (tertiary/aromatic N) is 1. The molecule has 3 rings (SSSR count). The van der Waals surface area contributed by atoms with Gasteiger partial charge in [-0.3, -0.25) is 9.37 Å². The first-order valence-corrected chi connectivity index (χ1v) is 6.92. The molecule has 0 saturated heterocycles. The maximum Gasteiger partial charge on any atom is 0.138 e. The first-order valence-electron chi connectivity index (χ1n) is 6.15. The van der Waals surface area contributed by atoms with Crippen molar-refractivity contribution in [1.29, 1.82) is 5.41 Å². The molecule has 1 aromatic heterocycles. The first-order chi connectivity index (χ1) is 8.34. The number of benzene rings is 1. The van der Waals surface area contributed by atoms with Crippen LogP contribution in [-0.4, -0.2) is 3.96 Å². The lowest BCUT2D eigenvalue weighted by atomic mass is 10.00. The Balaban J connectivity index is 1.94. The Morgan fingerprint density at radius 1 is 1.12 bits per heavy atom. The summed E-state index contributed by atoms with van der Waals surface area (Å²) in [6, 6.07) is 10.4. The van der Waals surface area contributed by atoms with Crippen molar-refractivity contribution in [3.05, 3.63) is 51.8 Å². The quantitative estimate of drug-likeness (QED) is 0.841. The van der Waals surface area contributed by atoms with Crippen molar-refractivity contribution in [1.82, 2.24) is 3.96 Å². The van der Waals surface area contributed by atoms with E-state index in [1.807, 2.05) is 6.07 Å². The van der Waals surface area contributed by atoms with Crippen LogP contribution in [0, 0.1) is 5.41 Å². The van der Waals surface area contributed by atoms with E-state index < -0.39 is 0 Å². The average Bonchev–Trinajstić information content (AvgIpc) is 2.68. The third-order valence-electron chi connectivity index (χ3n) is 3.34. The number of aromatic nitrogens is 1. The Morgan fingerprint density at radius 3 is 2.65 bits per heavy atom. The summed E-state index contributed by atoms with van der Waals surface area (Å²) in [5, 5.41) is 8.23. The molecule has 0 bridgehead atoms. The van der Waals surface area contributed by atoms with Crippen LogP contribution in [0.15, 0.2) is 30.3 Å². The smallest absolute Gasteiger partial charge is 0.138 e. The molecule has 0 unspecified atom stereocenters. The molecule has 1 N–H and O–H groups in total. The van der Waals surface area contributed by atoms with Crippen molar-refractivity contribution in [2.45, 2.75) is 32.2 Å². The van der Waals surface area contributed by atoms with Crippen LogP contribution in [0.5, 0.6) is 0 Å². The molecule has 1 heterocycles. The fourth-order valence-corrected chi connectivity index (χ4v) is 3.64. The second-order valence-corrected chi connectivity index (χ2v) is 5.69. The van der Waals surface area contributed by atoms with Gasteiger partial charge in [-0.15, -0.1) is 0 Å². The standard InChI is InChI=1S/C14H16N2S/c15-14-12-8-4-5-9-13(12)17-16(14)10-11-6-2-1-3-7-11/h1-3,6-7,15H,4-5,8-10H2. The minimum Gasteiger partial charge on any atom is -0.283 e. The van der Waals surface area contributed by atoms with Gasteiger partial charge in [-0.2, -0.15) is 0 Å². The fraction of sp³-hybridized carbons (Fsp3) is 0.357. The van der Waals surface area contributed by atoms with E-state index in [9.17, 15) is 0 Å². The lowest BCUT2D eigenvalue weighted by Gasteiger charge is -2.07. The Kier molecular flexibility index (Phi) is 2.85. The van der Waals surface area contributed by atoms with Gasteiger partial charge in [0.05, 0.1) is 6.54 Å². The summed E-state index contributed by atoms with van der Waals surface area (Å²) < 4.78 is 2.13. The SMILES string of the molecule is N=c1c2c(sn1Cc1ccccc1)CCCC2. The van der Waals surface area contributed by atoms with Gasteiger partial charge in [0.1, 0.15) is 5.49 Å². The molecule has 0 amide bonds. The van der Waals surface area contributed by atoms with Gasteiger partial charge in [0.2, 0.25) is 0 Å². The first kappa shape index (κ1) is 10.8. The zero-order chi connectivity index (χ0) is 11.7. The van der Waals surface area contributed by atoms with E-state index in [1.54, 1.807) is 11.5 Å². The second kappa shape index (κ2) is 4.49. The van der Waals surface area contributed by atoms with Gasteiger partial charge in [0, 0.05) is 10.4 Å². The van der Waals surface area contributed by atoms with Crippen LogP contribution in [0.25, 0.3) is 0 Å². The monoisotopic (exact) mass is 244 g/mol. The van der Waals surface area contributed by atoms with Gasteiger partial charge in [-0.05, 0) is 31.2 Å². The van der Waals surface area contributed by atoms with Crippen molar-refractivity contribution < 1.29 is 0 Å². The topological polar surface area (TPSA) is 28.8 Å². The van der Waals surface area contributed by atoms with Crippen molar-refractivity contribution in [2.24, 2.45) is 0 Å². The lowest BCUT2D eigenvalue weighted by Crippen LogP contribution is -2.18. The summed E-state index contributed by atoms with van der Waals surface area (Å²) in [7, 11) is 0. The summed E-state index contributed by atoms with van der Waals surface area (Å²) in [5.74, 6) is 0. The number of rotatable bonds is 2. The minimum absolute atomic E-state index is 0.744. The van der Waals surface area contributed by atoms with Crippen LogP contribution in [-0.2, 0) is 19.4 Å². The van der Waals surface area contributed by atoms with Crippen molar-refractivity contribution in [3.8, 4) is 0 Å². The zero-order valence-corrected chi connectivity index (χ0v) is 10.6. The molecule has 1 aromatic carbocycles. The molecule has 0 atom stereocenters. The largest absolute Gasteiger partial charge is 0.283 e. The maximum atomic E-state index is 8.23. The zero-order valence-electron chi connectivity index (χ0n) is 9.78. The third kappa shape index (κ3) is 2.07. The number of nitrogens with one attached hydrogen (secondary N) is 1. The molecule has 17 heavy (non-hydrogen) atoms. The number of hydrogen-bond acceptors (Lipinski definition) is 2. The highest BCUT2D eigenvalue weighted by Crippen LogP contribution is 2.23. The summed E-state index contributed by atoms with van der Waals surface area (Å²) in [6.07, 6.45) is 4.82. The van der Waals surface area contributed by atoms with Gasteiger partial charge in [-0.1, -0.05) is 41.9 Å². The van der Waals surface area contributed by atoms with E-state index in [1.165, 1.54) is 35.3 Å². The van der Waals surface area contributed by atoms with Crippen molar-refractivity contribution >= 4 is 11.5 Å². The molecular weight excluding hydrogens is 228 g/mol. The number of aryl methyl sites for hydroxylation is 1. The molecule has 0 fully saturated rings. The predicted octanol–water partition coefficient (Wildman–Crippen LogP) is 2.96. The fourth-order valence-electron chi connectivity index (χ4n) is 2.42. The molecule has 88 valence electrons. The number of hydrogen-bond donors (Lipinski definition) is 1. The summed E-state index contributed by atoms with van der Waals surface area (Å²) >= 11 is 1.79. The van der Waals surface area contributed by atoms with E-state index >= 15 is 0 Å². The lowest BCUT2D eigenvalue weighted by molar-refractivity contribution is 0.681. The molecule has 0 spiro atoms. The van der Waals surface area contributed by atoms with Gasteiger partial charge < -0.3 is 0 Å². The molecule has 0 aliphatic heterocycles. The van der Waals surface area contributed by atoms with E-state index in [4.69, 9.17) is 5.41 Å². The van der Waals surface area contributed by atoms with Crippen LogP contribution >= 0.6 is 11.5 Å². The Labute approximate surface area is 105 Å². The third-order valence-corrected chi connectivity index (χ3v) is 4.54. The van der Waals surface area contributed by atoms with E-state index in [0.717, 1.165) is 18.5 Å². The van der Waals surface area contributed by atoms with Gasteiger partial charge >= 0.3 is 0 Å². The van der Waals surface area contributed by atoms with Crippen LogP contribution < -0.4 is 5.49 Å². The van der Waals surface area contributed by atoms with Crippen molar-refractivity contribution in [3.63, 3.8) is 0 Å². The van der Waals surface area contributed by atoms with Crippen LogP contribution in [0.2, 0.25) is 0 Å². The molecule has 1 aliphatic rings. The second-order valence-electron chi connectivity index (χ2n) is 4.57. The molecule has 3 heteroatoms. The Hall–Kier alpha value is -1.35. The van der Waals surface area contributed by atoms with Gasteiger partial charge in [0.15, 0.2) is 0 Å². The molecular formula is C14H16N2S. The van der Waals surface area contributed by atoms with Crippen LogP contribution in [0.4, 0.5) is 0 Å². The maximum absolute atomic E-state index is 8.23. The highest BCUT2D eigenvalue weighted by Gasteiger charge is 2.15. The normalized spacial score (nSPS) is 14.6. The van der Waals surface area contributed by atoms with Gasteiger partial charge in [-0.25, -0.2) is 0 Å². The van der Waals surface area contributed by atoms with E-state index in [-0.39, 0.29) is 0 Å². The molecule has 1 aliphatic carbocycles. The minimum atomic E-state index is 0.744. The van der Waals surface area contributed by atoms with Crippen LogP contribution in [0.1, 0.15) is 28.8 Å². The summed E-state index contributed by atoms with van der Waals surface area (Å²) in [6.45, 7) is 0.845. The summed E-state index contributed by atoms with van der Waals surface area (Å²) in [5.41, 5.74) is 3.33. The van der Waals surface area contributed by atoms with Gasteiger partial charge in [0.25, 0.3) is 0 Å².